The van der Waals surface area contributed by atoms with E-state index in [9.17, 15) is 14.0 Å². The van der Waals surface area contributed by atoms with Crippen LogP contribution in [-0.2, 0) is 9.59 Å². The first-order valence-electron chi connectivity index (χ1n) is 9.70. The van der Waals surface area contributed by atoms with Crippen LogP contribution in [0.15, 0.2) is 47.6 Å². The van der Waals surface area contributed by atoms with E-state index >= 15 is 0 Å². The highest BCUT2D eigenvalue weighted by molar-refractivity contribution is 6.03. The molecule has 0 aromatic heterocycles. The number of amides is 2. The molecule has 2 aromatic rings. The van der Waals surface area contributed by atoms with Crippen molar-refractivity contribution in [2.45, 2.75) is 32.6 Å². The smallest absolute Gasteiger partial charge is 0.249 e. The number of para-hydroxylation sites is 1. The summed E-state index contributed by atoms with van der Waals surface area (Å²) in [4.78, 5) is 23.8. The van der Waals surface area contributed by atoms with E-state index in [1.165, 1.54) is 30.5 Å². The topological polar surface area (TPSA) is 89.0 Å². The molecule has 8 heteroatoms. The average Bonchev–Trinajstić information content (AvgIpc) is 2.73. The fourth-order valence-electron chi connectivity index (χ4n) is 2.57. The Morgan fingerprint density at radius 1 is 1.10 bits per heavy atom. The van der Waals surface area contributed by atoms with Gasteiger partial charge in [-0.1, -0.05) is 25.8 Å². The lowest BCUT2D eigenvalue weighted by molar-refractivity contribution is -0.126. The summed E-state index contributed by atoms with van der Waals surface area (Å²) >= 11 is 0. The molecule has 0 aliphatic heterocycles. The van der Waals surface area contributed by atoms with Crippen LogP contribution in [0.2, 0.25) is 0 Å². The van der Waals surface area contributed by atoms with Crippen LogP contribution in [0, 0.1) is 5.82 Å². The van der Waals surface area contributed by atoms with E-state index in [1.807, 2.05) is 0 Å². The molecule has 160 valence electrons. The first-order chi connectivity index (χ1) is 14.5. The van der Waals surface area contributed by atoms with Gasteiger partial charge in [0.1, 0.15) is 12.2 Å². The predicted molar refractivity (Wildman–Crippen MR) is 113 cm³/mol. The quantitative estimate of drug-likeness (QED) is 0.252. The third-order valence-electron chi connectivity index (χ3n) is 4.07. The number of methoxy groups -OCH3 is 1. The van der Waals surface area contributed by atoms with Crippen LogP contribution in [0.4, 0.5) is 10.1 Å². The largest absolute Gasteiger partial charge is 0.493 e. The molecule has 2 rings (SSSR count). The van der Waals surface area contributed by atoms with Crippen molar-refractivity contribution in [1.29, 1.82) is 0 Å². The molecule has 0 atom stereocenters. The number of hydrazone groups is 1. The maximum atomic E-state index is 12.9. The molecule has 30 heavy (non-hydrogen) atoms. The molecule has 0 unspecified atom stereocenters. The Hall–Kier alpha value is -3.42. The van der Waals surface area contributed by atoms with Crippen molar-refractivity contribution < 1.29 is 23.5 Å². The van der Waals surface area contributed by atoms with E-state index in [0.29, 0.717) is 29.4 Å². The van der Waals surface area contributed by atoms with E-state index < -0.39 is 24.1 Å². The van der Waals surface area contributed by atoms with Crippen LogP contribution in [0.3, 0.4) is 0 Å². The van der Waals surface area contributed by atoms with E-state index in [-0.39, 0.29) is 0 Å². The van der Waals surface area contributed by atoms with Crippen molar-refractivity contribution in [3.8, 4) is 11.5 Å². The number of carbonyl (C=O) groups is 2. The zero-order chi connectivity index (χ0) is 21.8. The summed E-state index contributed by atoms with van der Waals surface area (Å²) < 4.78 is 24.1. The molecular weight excluding hydrogens is 389 g/mol. The fourth-order valence-corrected chi connectivity index (χ4v) is 2.57. The molecule has 0 saturated carbocycles. The van der Waals surface area contributed by atoms with Gasteiger partial charge in [0.25, 0.3) is 0 Å². The Morgan fingerprint density at radius 2 is 1.87 bits per heavy atom. The second-order valence-electron chi connectivity index (χ2n) is 6.46. The summed E-state index contributed by atoms with van der Waals surface area (Å²) in [7, 11) is 1.55. The molecule has 0 spiro atoms. The van der Waals surface area contributed by atoms with Crippen LogP contribution in [0.25, 0.3) is 0 Å². The Balaban J connectivity index is 1.91. The summed E-state index contributed by atoms with van der Waals surface area (Å²) in [5.74, 6) is -0.412. The molecule has 7 nitrogen and oxygen atoms in total. The maximum absolute atomic E-state index is 12.9. The van der Waals surface area contributed by atoms with Crippen molar-refractivity contribution in [2.24, 2.45) is 5.10 Å². The molecule has 0 heterocycles. The van der Waals surface area contributed by atoms with E-state index in [2.05, 4.69) is 22.8 Å². The number of nitrogens with one attached hydrogen (secondary N) is 2. The second-order valence-corrected chi connectivity index (χ2v) is 6.46. The van der Waals surface area contributed by atoms with Gasteiger partial charge in [-0.2, -0.15) is 5.10 Å². The number of anilines is 1. The van der Waals surface area contributed by atoms with Crippen LogP contribution in [-0.4, -0.2) is 31.7 Å². The minimum absolute atomic E-state index is 0.402. The molecule has 0 aliphatic carbocycles. The van der Waals surface area contributed by atoms with Gasteiger partial charge in [-0.3, -0.25) is 9.59 Å². The van der Waals surface area contributed by atoms with Gasteiger partial charge in [-0.15, -0.1) is 0 Å². The van der Waals surface area contributed by atoms with Crippen LogP contribution < -0.4 is 20.2 Å². The average molecular weight is 415 g/mol. The summed E-state index contributed by atoms with van der Waals surface area (Å²) in [5.41, 5.74) is 3.35. The summed E-state index contributed by atoms with van der Waals surface area (Å²) in [5, 5.41) is 6.41. The SMILES string of the molecule is CCCCCOc1c(C=NNC(=O)CC(=O)Nc2ccc(F)cc2)cccc1OC. The van der Waals surface area contributed by atoms with Crippen molar-refractivity contribution >= 4 is 23.7 Å². The number of rotatable bonds is 11. The van der Waals surface area contributed by atoms with E-state index in [1.54, 1.807) is 25.3 Å². The monoisotopic (exact) mass is 415 g/mol. The minimum Gasteiger partial charge on any atom is -0.493 e. The molecule has 0 aliphatic rings. The van der Waals surface area contributed by atoms with Crippen molar-refractivity contribution in [3.05, 3.63) is 53.8 Å². The third-order valence-corrected chi connectivity index (χ3v) is 4.07. The molecule has 0 bridgehead atoms. The number of unbranched alkanes of at least 4 members (excludes halogenated alkanes) is 2. The van der Waals surface area contributed by atoms with Crippen molar-refractivity contribution in [3.63, 3.8) is 0 Å². The van der Waals surface area contributed by atoms with Gasteiger partial charge in [-0.25, -0.2) is 9.82 Å². The van der Waals surface area contributed by atoms with Crippen molar-refractivity contribution in [2.75, 3.05) is 19.0 Å². The third kappa shape index (κ3) is 7.54. The number of halogens is 1. The number of hydrogen-bond donors (Lipinski definition) is 2. The van der Waals surface area contributed by atoms with E-state index in [0.717, 1.165) is 19.3 Å². The molecule has 2 N–H and O–H groups in total. The predicted octanol–water partition coefficient (Wildman–Crippen LogP) is 3.88. The highest BCUT2D eigenvalue weighted by Gasteiger charge is 2.11. The number of ether oxygens (including phenoxy) is 2. The molecular formula is C22H26FN3O4. The van der Waals surface area contributed by atoms with Gasteiger partial charge in [0.2, 0.25) is 11.8 Å². The molecule has 0 fully saturated rings. The zero-order valence-corrected chi connectivity index (χ0v) is 17.1. The normalized spacial score (nSPS) is 10.6. The zero-order valence-electron chi connectivity index (χ0n) is 17.1. The lowest BCUT2D eigenvalue weighted by atomic mass is 10.2. The van der Waals surface area contributed by atoms with Gasteiger partial charge in [0.15, 0.2) is 11.5 Å². The highest BCUT2D eigenvalue weighted by Crippen LogP contribution is 2.30. The Labute approximate surface area is 175 Å². The standard InChI is InChI=1S/C22H26FN3O4/c1-3-4-5-13-30-22-16(7-6-8-19(22)29-2)15-24-26-21(28)14-20(27)25-18-11-9-17(23)10-12-18/h6-12,15H,3-5,13-14H2,1-2H3,(H,25,27)(H,26,28). The lowest BCUT2D eigenvalue weighted by Gasteiger charge is -2.13. The minimum atomic E-state index is -0.584. The van der Waals surface area contributed by atoms with E-state index in [4.69, 9.17) is 9.47 Å². The summed E-state index contributed by atoms with van der Waals surface area (Å²) in [6.45, 7) is 2.66. The van der Waals surface area contributed by atoms with Crippen LogP contribution in [0.1, 0.15) is 38.2 Å². The Morgan fingerprint density at radius 3 is 2.57 bits per heavy atom. The summed E-state index contributed by atoms with van der Waals surface area (Å²) in [6.07, 6.45) is 4.09. The Kier molecular flexibility index (Phi) is 9.30. The first kappa shape index (κ1) is 22.9. The van der Waals surface area contributed by atoms with Gasteiger partial charge in [-0.05, 0) is 42.8 Å². The van der Waals surface area contributed by atoms with Gasteiger partial charge >= 0.3 is 0 Å². The maximum Gasteiger partial charge on any atom is 0.249 e. The lowest BCUT2D eigenvalue weighted by Crippen LogP contribution is -2.24. The first-order valence-corrected chi connectivity index (χ1v) is 9.70. The molecule has 0 saturated heterocycles. The number of carbonyl (C=O) groups excluding carboxylic acids is 2. The fraction of sp³-hybridized carbons (Fsp3) is 0.318. The van der Waals surface area contributed by atoms with Crippen LogP contribution in [0.5, 0.6) is 11.5 Å². The van der Waals surface area contributed by atoms with Crippen molar-refractivity contribution in [1.82, 2.24) is 5.43 Å². The number of nitrogens with zero attached hydrogens (tertiary/aromatic N) is 1. The molecule has 2 amide bonds. The van der Waals surface area contributed by atoms with Gasteiger partial charge < -0.3 is 14.8 Å². The molecule has 0 radical (unpaired) electrons. The van der Waals surface area contributed by atoms with Gasteiger partial charge in [0, 0.05) is 11.3 Å². The number of hydrogen-bond acceptors (Lipinski definition) is 5. The van der Waals surface area contributed by atoms with Gasteiger partial charge in [0.05, 0.1) is 19.9 Å². The second kappa shape index (κ2) is 12.2. The summed E-state index contributed by atoms with van der Waals surface area (Å²) in [6, 6.07) is 10.6. The number of benzene rings is 2. The van der Waals surface area contributed by atoms with Crippen LogP contribution >= 0.6 is 0 Å². The molecule has 2 aromatic carbocycles. The highest BCUT2D eigenvalue weighted by atomic mass is 19.1. The Bertz CT molecular complexity index is 869.